The van der Waals surface area contributed by atoms with Crippen molar-refractivity contribution in [1.82, 2.24) is 0 Å². The highest BCUT2D eigenvalue weighted by Gasteiger charge is 2.55. The summed E-state index contributed by atoms with van der Waals surface area (Å²) in [6, 6.07) is 0. The van der Waals surface area contributed by atoms with Gasteiger partial charge in [0.1, 0.15) is 28.5 Å². The Labute approximate surface area is 221 Å². The second kappa shape index (κ2) is 10.5. The summed E-state index contributed by atoms with van der Waals surface area (Å²) >= 11 is 2.33. The summed E-state index contributed by atoms with van der Waals surface area (Å²) in [7, 11) is -6.43. The number of hydrogen-bond donors (Lipinski definition) is 1. The number of rotatable bonds is 7. The van der Waals surface area contributed by atoms with Crippen LogP contribution in [0, 0.1) is 0 Å². The summed E-state index contributed by atoms with van der Waals surface area (Å²) in [5.74, 6) is 0. The third kappa shape index (κ3) is 7.59. The maximum absolute atomic E-state index is 10.3. The highest BCUT2D eigenvalue weighted by molar-refractivity contribution is 14.1. The molecule has 1 fully saturated rings. The summed E-state index contributed by atoms with van der Waals surface area (Å²) < 4.78 is 27.3. The molecule has 33 heavy (non-hydrogen) atoms. The van der Waals surface area contributed by atoms with Gasteiger partial charge in [-0.1, -0.05) is 62.3 Å². The van der Waals surface area contributed by atoms with Crippen molar-refractivity contribution in [3.63, 3.8) is 0 Å². The molecule has 0 aromatic heterocycles. The molecule has 5 nitrogen and oxygen atoms in total. The molecule has 9 heteroatoms. The fourth-order valence-electron chi connectivity index (χ4n) is 2.96. The fraction of sp³-hybridized carbons (Fsp3) is 1.00. The van der Waals surface area contributed by atoms with Gasteiger partial charge in [-0.15, -0.1) is 0 Å². The first-order valence-corrected chi connectivity index (χ1v) is 22.3. The first kappa shape index (κ1) is 32.2. The van der Waals surface area contributed by atoms with Gasteiger partial charge in [-0.2, -0.15) is 0 Å². The van der Waals surface area contributed by atoms with Crippen LogP contribution in [0.3, 0.4) is 0 Å². The molecule has 1 rings (SSSR count). The van der Waals surface area contributed by atoms with E-state index < -0.39 is 31.1 Å². The summed E-state index contributed by atoms with van der Waals surface area (Å²) in [6.07, 6.45) is -1.35. The molecule has 0 aliphatic carbocycles. The summed E-state index contributed by atoms with van der Waals surface area (Å²) in [4.78, 5) is 0. The lowest BCUT2D eigenvalue weighted by atomic mass is 10.0. The standard InChI is InChI=1S/C24H53IO5Si3/c1-22(2,3)31(10,11)28-18-17(16-26)27-21(25)20(30-33(14,15)24(7,8)9)19(18)29-32(12,13)23(4,5)6/h17-21,26H,16H2,1-15H3/t17-,18+,19+,20-,21+/m1/s1. The summed E-state index contributed by atoms with van der Waals surface area (Å²) in [5, 5.41) is 10.5. The van der Waals surface area contributed by atoms with Gasteiger partial charge >= 0.3 is 0 Å². The highest BCUT2D eigenvalue weighted by Crippen LogP contribution is 2.46. The SMILES string of the molecule is CC(C)(C)[Si](C)(C)O[C@@H]1[C@@H](O[Si](C)(C)C(C)(C)C)[C@@H](I)O[C@H](CO)[C@@H]1O[Si](C)(C)C(C)(C)C. The minimum absolute atomic E-state index is 0.0332. The van der Waals surface area contributed by atoms with E-state index >= 15 is 0 Å². The maximum Gasteiger partial charge on any atom is 0.192 e. The first-order valence-electron chi connectivity index (χ1n) is 12.3. The largest absolute Gasteiger partial charge is 0.408 e. The average Bonchev–Trinajstić information content (AvgIpc) is 2.56. The van der Waals surface area contributed by atoms with Crippen LogP contribution >= 0.6 is 22.6 Å². The van der Waals surface area contributed by atoms with Gasteiger partial charge in [-0.3, -0.25) is 0 Å². The minimum atomic E-state index is -2.16. The Bertz CT molecular complexity index is 650. The van der Waals surface area contributed by atoms with Crippen LogP contribution in [-0.2, 0) is 18.0 Å². The van der Waals surface area contributed by atoms with Crippen LogP contribution in [0.2, 0.25) is 54.4 Å². The topological polar surface area (TPSA) is 57.2 Å². The Morgan fingerprint density at radius 1 is 0.636 bits per heavy atom. The zero-order chi connectivity index (χ0) is 26.4. The lowest BCUT2D eigenvalue weighted by Gasteiger charge is -2.53. The van der Waals surface area contributed by atoms with Crippen molar-refractivity contribution in [3.05, 3.63) is 0 Å². The van der Waals surface area contributed by atoms with E-state index in [9.17, 15) is 5.11 Å². The van der Waals surface area contributed by atoms with Crippen molar-refractivity contribution in [2.24, 2.45) is 0 Å². The molecular formula is C24H53IO5Si3. The smallest absolute Gasteiger partial charge is 0.192 e. The van der Waals surface area contributed by atoms with Gasteiger partial charge in [0.2, 0.25) is 0 Å². The molecular weight excluding hydrogens is 579 g/mol. The molecule has 0 radical (unpaired) electrons. The van der Waals surface area contributed by atoms with Gasteiger partial charge in [0.15, 0.2) is 25.0 Å². The van der Waals surface area contributed by atoms with E-state index in [-0.39, 0.29) is 44.1 Å². The Balaban J connectivity index is 3.58. The molecule has 0 spiro atoms. The molecule has 0 aromatic carbocycles. The maximum atomic E-state index is 10.3. The zero-order valence-corrected chi connectivity index (χ0v) is 29.2. The third-order valence-electron chi connectivity index (χ3n) is 8.47. The van der Waals surface area contributed by atoms with Crippen LogP contribution < -0.4 is 0 Å². The van der Waals surface area contributed by atoms with E-state index in [0.717, 1.165) is 0 Å². The normalized spacial score (nSPS) is 28.8. The van der Waals surface area contributed by atoms with E-state index in [1.54, 1.807) is 0 Å². The van der Waals surface area contributed by atoms with Crippen LogP contribution in [0.4, 0.5) is 0 Å². The number of hydrogen-bond acceptors (Lipinski definition) is 5. The second-order valence-corrected chi connectivity index (χ2v) is 29.7. The number of aliphatic hydroxyl groups excluding tert-OH is 1. The molecule has 0 saturated carbocycles. The summed E-state index contributed by atoms with van der Waals surface area (Å²) in [5.41, 5.74) is 0. The molecule has 0 amide bonds. The lowest BCUT2D eigenvalue weighted by molar-refractivity contribution is -0.188. The van der Waals surface area contributed by atoms with E-state index in [0.29, 0.717) is 0 Å². The Morgan fingerprint density at radius 2 is 0.939 bits per heavy atom. The van der Waals surface area contributed by atoms with Crippen molar-refractivity contribution in [2.75, 3.05) is 6.61 Å². The fourth-order valence-corrected chi connectivity index (χ4v) is 8.09. The molecule has 0 unspecified atom stereocenters. The molecule has 1 N–H and O–H groups in total. The van der Waals surface area contributed by atoms with Gasteiger partial charge in [0, 0.05) is 0 Å². The predicted octanol–water partition coefficient (Wildman–Crippen LogP) is 7.31. The Kier molecular flexibility index (Phi) is 10.3. The van der Waals surface area contributed by atoms with Gasteiger partial charge in [0.05, 0.1) is 6.61 Å². The van der Waals surface area contributed by atoms with Gasteiger partial charge < -0.3 is 23.1 Å². The van der Waals surface area contributed by atoms with E-state index in [1.165, 1.54) is 0 Å². The van der Waals surface area contributed by atoms with Crippen molar-refractivity contribution < 1.29 is 23.1 Å². The van der Waals surface area contributed by atoms with Gasteiger partial charge in [-0.25, -0.2) is 0 Å². The molecule has 1 aliphatic rings. The van der Waals surface area contributed by atoms with Crippen molar-refractivity contribution in [2.45, 2.75) is 145 Å². The number of ether oxygens (including phenoxy) is 1. The zero-order valence-electron chi connectivity index (χ0n) is 24.1. The quantitative estimate of drug-likeness (QED) is 0.181. The molecule has 1 heterocycles. The van der Waals surface area contributed by atoms with Crippen LogP contribution in [0.1, 0.15) is 62.3 Å². The van der Waals surface area contributed by atoms with E-state index in [4.69, 9.17) is 18.0 Å². The molecule has 0 bridgehead atoms. The first-order chi connectivity index (χ1) is 14.4. The second-order valence-electron chi connectivity index (χ2n) is 14.2. The molecule has 1 saturated heterocycles. The van der Waals surface area contributed by atoms with Gasteiger partial charge in [-0.05, 0) is 77.0 Å². The minimum Gasteiger partial charge on any atom is -0.408 e. The van der Waals surface area contributed by atoms with Gasteiger partial charge in [0.25, 0.3) is 0 Å². The van der Waals surface area contributed by atoms with Crippen LogP contribution in [0.15, 0.2) is 0 Å². The van der Waals surface area contributed by atoms with Crippen LogP contribution in [-0.4, -0.2) is 65.2 Å². The third-order valence-corrected chi connectivity index (χ3v) is 22.9. The molecule has 5 atom stereocenters. The van der Waals surface area contributed by atoms with Crippen LogP contribution in [0.5, 0.6) is 0 Å². The highest BCUT2D eigenvalue weighted by atomic mass is 127. The van der Waals surface area contributed by atoms with E-state index in [2.05, 4.69) is 124 Å². The van der Waals surface area contributed by atoms with Crippen molar-refractivity contribution >= 4 is 47.5 Å². The van der Waals surface area contributed by atoms with Crippen molar-refractivity contribution in [3.8, 4) is 0 Å². The summed E-state index contributed by atoms with van der Waals surface area (Å²) in [6.45, 7) is 33.8. The lowest BCUT2D eigenvalue weighted by Crippen LogP contribution is -2.67. The van der Waals surface area contributed by atoms with E-state index in [1.807, 2.05) is 0 Å². The number of aliphatic hydroxyl groups is 1. The molecule has 0 aromatic rings. The Hall–Kier alpha value is 1.18. The van der Waals surface area contributed by atoms with Crippen LogP contribution in [0.25, 0.3) is 0 Å². The molecule has 198 valence electrons. The average molecular weight is 633 g/mol. The molecule has 1 aliphatic heterocycles. The monoisotopic (exact) mass is 632 g/mol. The predicted molar refractivity (Wildman–Crippen MR) is 156 cm³/mol. The number of alkyl halides is 1. The number of halogens is 1. The Morgan fingerprint density at radius 3 is 1.24 bits per heavy atom. The van der Waals surface area contributed by atoms with Crippen molar-refractivity contribution in [1.29, 1.82) is 0 Å².